The Morgan fingerprint density at radius 2 is 1.54 bits per heavy atom. The van der Waals surface area contributed by atoms with Gasteiger partial charge in [0, 0.05) is 12.1 Å². The van der Waals surface area contributed by atoms with Crippen LogP contribution >= 0.6 is 23.2 Å². The number of methoxy groups -OCH3 is 2. The predicted octanol–water partition coefficient (Wildman–Crippen LogP) is 5.29. The molecule has 6 nitrogen and oxygen atoms in total. The third-order valence-electron chi connectivity index (χ3n) is 3.55. The number of hydrogen-bond acceptors (Lipinski definition) is 6. The zero-order valence-electron chi connectivity index (χ0n) is 14.1. The zero-order chi connectivity index (χ0) is 18.5. The number of rotatable bonds is 6. The minimum absolute atomic E-state index is 0.502. The second-order valence-electron chi connectivity index (χ2n) is 5.20. The third kappa shape index (κ3) is 4.09. The fraction of sp³-hybridized carbons (Fsp3) is 0.111. The van der Waals surface area contributed by atoms with Crippen molar-refractivity contribution in [1.29, 1.82) is 0 Å². The van der Waals surface area contributed by atoms with E-state index in [9.17, 15) is 0 Å². The van der Waals surface area contributed by atoms with Gasteiger partial charge in [0.2, 0.25) is 0 Å². The van der Waals surface area contributed by atoms with E-state index in [0.717, 1.165) is 5.69 Å². The van der Waals surface area contributed by atoms with Crippen LogP contribution in [0.2, 0.25) is 10.0 Å². The van der Waals surface area contributed by atoms with Crippen LogP contribution in [0.25, 0.3) is 0 Å². The Kier molecular flexibility index (Phi) is 5.65. The van der Waals surface area contributed by atoms with Crippen LogP contribution in [0.1, 0.15) is 0 Å². The first-order valence-corrected chi connectivity index (χ1v) is 8.38. The van der Waals surface area contributed by atoms with E-state index in [1.165, 1.54) is 6.33 Å². The van der Waals surface area contributed by atoms with Crippen molar-refractivity contribution in [3.8, 4) is 11.5 Å². The lowest BCUT2D eigenvalue weighted by Crippen LogP contribution is -2.00. The monoisotopic (exact) mass is 390 g/mol. The minimum Gasteiger partial charge on any atom is -0.497 e. The van der Waals surface area contributed by atoms with Gasteiger partial charge in [-0.25, -0.2) is 9.97 Å². The highest BCUT2D eigenvalue weighted by Gasteiger charge is 2.09. The molecule has 0 fully saturated rings. The standard InChI is InChI=1S/C18H16Cl2N4O2/c1-25-11-6-7-14(15(8-11)26-2)23-16-9-17(22-10-21-16)24-18-12(19)4-3-5-13(18)20/h3-10H,1-2H3,(H2,21,22,23,24). The van der Waals surface area contributed by atoms with Gasteiger partial charge in [-0.05, 0) is 24.3 Å². The smallest absolute Gasteiger partial charge is 0.146 e. The maximum absolute atomic E-state index is 6.18. The molecule has 0 saturated carbocycles. The molecule has 0 aliphatic carbocycles. The summed E-state index contributed by atoms with van der Waals surface area (Å²) in [5.74, 6) is 2.46. The van der Waals surface area contributed by atoms with E-state index in [0.29, 0.717) is 38.9 Å². The number of para-hydroxylation sites is 1. The van der Waals surface area contributed by atoms with Gasteiger partial charge >= 0.3 is 0 Å². The summed E-state index contributed by atoms with van der Waals surface area (Å²) in [6.45, 7) is 0. The minimum atomic E-state index is 0.502. The second-order valence-corrected chi connectivity index (χ2v) is 6.02. The number of nitrogens with zero attached hydrogens (tertiary/aromatic N) is 2. The summed E-state index contributed by atoms with van der Waals surface area (Å²) < 4.78 is 10.6. The normalized spacial score (nSPS) is 10.3. The predicted molar refractivity (Wildman–Crippen MR) is 105 cm³/mol. The lowest BCUT2D eigenvalue weighted by molar-refractivity contribution is 0.395. The Morgan fingerprint density at radius 3 is 2.19 bits per heavy atom. The van der Waals surface area contributed by atoms with Crippen LogP contribution in [0.5, 0.6) is 11.5 Å². The molecule has 2 N–H and O–H groups in total. The Hall–Kier alpha value is -2.70. The highest BCUT2D eigenvalue weighted by atomic mass is 35.5. The summed E-state index contributed by atoms with van der Waals surface area (Å²) in [6, 6.07) is 12.5. The molecule has 0 amide bonds. The van der Waals surface area contributed by atoms with Crippen molar-refractivity contribution < 1.29 is 9.47 Å². The van der Waals surface area contributed by atoms with Crippen molar-refractivity contribution in [2.75, 3.05) is 24.9 Å². The number of benzene rings is 2. The number of nitrogens with one attached hydrogen (secondary N) is 2. The van der Waals surface area contributed by atoms with Crippen molar-refractivity contribution in [3.05, 3.63) is 58.8 Å². The van der Waals surface area contributed by atoms with Crippen molar-refractivity contribution in [2.24, 2.45) is 0 Å². The van der Waals surface area contributed by atoms with E-state index in [-0.39, 0.29) is 0 Å². The van der Waals surface area contributed by atoms with E-state index < -0.39 is 0 Å². The van der Waals surface area contributed by atoms with E-state index in [2.05, 4.69) is 20.6 Å². The summed E-state index contributed by atoms with van der Waals surface area (Å²) in [5, 5.41) is 7.30. The summed E-state index contributed by atoms with van der Waals surface area (Å²) >= 11 is 12.4. The van der Waals surface area contributed by atoms with Crippen LogP contribution in [0.3, 0.4) is 0 Å². The van der Waals surface area contributed by atoms with E-state index in [4.69, 9.17) is 32.7 Å². The molecule has 0 aliphatic rings. The number of halogens is 2. The molecular weight excluding hydrogens is 375 g/mol. The maximum Gasteiger partial charge on any atom is 0.146 e. The van der Waals surface area contributed by atoms with Crippen LogP contribution < -0.4 is 20.1 Å². The molecule has 3 rings (SSSR count). The molecule has 0 bridgehead atoms. The first-order chi connectivity index (χ1) is 12.6. The summed E-state index contributed by atoms with van der Waals surface area (Å²) in [6.07, 6.45) is 1.44. The van der Waals surface area contributed by atoms with Crippen molar-refractivity contribution in [1.82, 2.24) is 9.97 Å². The quantitative estimate of drug-likeness (QED) is 0.595. The van der Waals surface area contributed by atoms with Crippen LogP contribution in [0.4, 0.5) is 23.0 Å². The molecule has 8 heteroatoms. The molecule has 0 aliphatic heterocycles. The van der Waals surface area contributed by atoms with E-state index >= 15 is 0 Å². The van der Waals surface area contributed by atoms with Crippen molar-refractivity contribution in [2.45, 2.75) is 0 Å². The molecule has 0 unspecified atom stereocenters. The summed E-state index contributed by atoms with van der Waals surface area (Å²) in [7, 11) is 3.19. The van der Waals surface area contributed by atoms with Gasteiger partial charge in [0.05, 0.1) is 35.6 Å². The highest BCUT2D eigenvalue weighted by Crippen LogP contribution is 2.34. The Balaban J connectivity index is 1.84. The second kappa shape index (κ2) is 8.12. The van der Waals surface area contributed by atoms with Crippen LogP contribution in [0.15, 0.2) is 48.8 Å². The molecule has 0 radical (unpaired) electrons. The topological polar surface area (TPSA) is 68.3 Å². The number of aromatic nitrogens is 2. The van der Waals surface area contributed by atoms with Gasteiger partial charge in [0.1, 0.15) is 29.5 Å². The maximum atomic E-state index is 6.18. The number of ether oxygens (including phenoxy) is 2. The molecular formula is C18H16Cl2N4O2. The largest absolute Gasteiger partial charge is 0.497 e. The molecule has 0 saturated heterocycles. The molecule has 1 heterocycles. The van der Waals surface area contributed by atoms with Gasteiger partial charge in [0.15, 0.2) is 0 Å². The van der Waals surface area contributed by atoms with Crippen LogP contribution in [-0.4, -0.2) is 24.2 Å². The van der Waals surface area contributed by atoms with Gasteiger partial charge in [-0.15, -0.1) is 0 Å². The lowest BCUT2D eigenvalue weighted by Gasteiger charge is -2.13. The Morgan fingerprint density at radius 1 is 0.846 bits per heavy atom. The van der Waals surface area contributed by atoms with Crippen LogP contribution in [0, 0.1) is 0 Å². The third-order valence-corrected chi connectivity index (χ3v) is 4.18. The van der Waals surface area contributed by atoms with Crippen LogP contribution in [-0.2, 0) is 0 Å². The molecule has 26 heavy (non-hydrogen) atoms. The number of anilines is 4. The fourth-order valence-corrected chi connectivity index (χ4v) is 2.77. The summed E-state index contributed by atoms with van der Waals surface area (Å²) in [4.78, 5) is 8.42. The molecule has 134 valence electrons. The molecule has 0 atom stereocenters. The molecule has 2 aromatic carbocycles. The first-order valence-electron chi connectivity index (χ1n) is 7.63. The molecule has 3 aromatic rings. The fourth-order valence-electron chi connectivity index (χ4n) is 2.28. The first kappa shape index (κ1) is 18.1. The Bertz CT molecular complexity index is 901. The van der Waals surface area contributed by atoms with Gasteiger partial charge in [-0.2, -0.15) is 0 Å². The number of hydrogen-bond donors (Lipinski definition) is 2. The average Bonchev–Trinajstić information content (AvgIpc) is 2.65. The van der Waals surface area contributed by atoms with E-state index in [1.54, 1.807) is 44.6 Å². The van der Waals surface area contributed by atoms with Gasteiger partial charge in [-0.1, -0.05) is 29.3 Å². The highest BCUT2D eigenvalue weighted by molar-refractivity contribution is 6.39. The van der Waals surface area contributed by atoms with Crippen molar-refractivity contribution >= 4 is 46.2 Å². The lowest BCUT2D eigenvalue weighted by atomic mass is 10.2. The average molecular weight is 391 g/mol. The zero-order valence-corrected chi connectivity index (χ0v) is 15.6. The SMILES string of the molecule is COc1ccc(Nc2cc(Nc3c(Cl)cccc3Cl)ncn2)c(OC)c1. The van der Waals surface area contributed by atoms with Gasteiger partial charge in [0.25, 0.3) is 0 Å². The van der Waals surface area contributed by atoms with E-state index in [1.807, 2.05) is 12.1 Å². The molecule has 1 aromatic heterocycles. The molecule has 0 spiro atoms. The Labute approximate surface area is 161 Å². The van der Waals surface area contributed by atoms with Gasteiger partial charge in [-0.3, -0.25) is 0 Å². The van der Waals surface area contributed by atoms with Gasteiger partial charge < -0.3 is 20.1 Å². The van der Waals surface area contributed by atoms with Crippen molar-refractivity contribution in [3.63, 3.8) is 0 Å². The summed E-state index contributed by atoms with van der Waals surface area (Å²) in [5.41, 5.74) is 1.33.